The van der Waals surface area contributed by atoms with Crippen molar-refractivity contribution < 1.29 is 0 Å². The molecule has 0 radical (unpaired) electrons. The van der Waals surface area contributed by atoms with Crippen LogP contribution in [0.5, 0.6) is 0 Å². The third-order valence-corrected chi connectivity index (χ3v) is 3.85. The molecule has 1 rings (SSSR count). The standard InChI is InChI=1S/C9H17Cl/c1-6-4-5-7(2)9(10)8(6)3/h6-9H,4-5H2,1-3H3. The molecule has 60 valence electrons. The highest BCUT2D eigenvalue weighted by molar-refractivity contribution is 6.21. The molecule has 0 bridgehead atoms. The summed E-state index contributed by atoms with van der Waals surface area (Å²) in [6, 6.07) is 0. The highest BCUT2D eigenvalue weighted by atomic mass is 35.5. The number of hydrogen-bond donors (Lipinski definition) is 0. The van der Waals surface area contributed by atoms with E-state index in [1.54, 1.807) is 0 Å². The van der Waals surface area contributed by atoms with Gasteiger partial charge in [0.2, 0.25) is 0 Å². The maximum atomic E-state index is 6.21. The zero-order valence-electron chi connectivity index (χ0n) is 7.10. The molecule has 0 amide bonds. The fourth-order valence-electron chi connectivity index (χ4n) is 1.78. The van der Waals surface area contributed by atoms with Gasteiger partial charge in [0.15, 0.2) is 0 Å². The van der Waals surface area contributed by atoms with Crippen LogP contribution in [0.4, 0.5) is 0 Å². The summed E-state index contributed by atoms with van der Waals surface area (Å²) in [5.41, 5.74) is 0. The van der Waals surface area contributed by atoms with Crippen LogP contribution >= 0.6 is 11.6 Å². The summed E-state index contributed by atoms with van der Waals surface area (Å²) in [4.78, 5) is 0. The van der Waals surface area contributed by atoms with Gasteiger partial charge in [0.1, 0.15) is 0 Å². The highest BCUT2D eigenvalue weighted by Gasteiger charge is 2.30. The van der Waals surface area contributed by atoms with Crippen LogP contribution in [0.3, 0.4) is 0 Å². The minimum absolute atomic E-state index is 0.420. The summed E-state index contributed by atoms with van der Waals surface area (Å²) < 4.78 is 0. The molecule has 1 aliphatic carbocycles. The third-order valence-electron chi connectivity index (χ3n) is 3.02. The van der Waals surface area contributed by atoms with E-state index in [0.29, 0.717) is 11.3 Å². The van der Waals surface area contributed by atoms with Crippen LogP contribution in [0.2, 0.25) is 0 Å². The van der Waals surface area contributed by atoms with Gasteiger partial charge in [-0.25, -0.2) is 0 Å². The molecule has 0 saturated heterocycles. The van der Waals surface area contributed by atoms with E-state index in [1.165, 1.54) is 12.8 Å². The molecule has 10 heavy (non-hydrogen) atoms. The monoisotopic (exact) mass is 160 g/mol. The second-order valence-corrected chi connectivity index (χ2v) is 4.34. The van der Waals surface area contributed by atoms with Gasteiger partial charge < -0.3 is 0 Å². The van der Waals surface area contributed by atoms with Gasteiger partial charge in [-0.1, -0.05) is 27.2 Å². The van der Waals surface area contributed by atoms with E-state index in [2.05, 4.69) is 20.8 Å². The highest BCUT2D eigenvalue weighted by Crippen LogP contribution is 2.36. The van der Waals surface area contributed by atoms with Crippen molar-refractivity contribution in [3.8, 4) is 0 Å². The summed E-state index contributed by atoms with van der Waals surface area (Å²) in [6.07, 6.45) is 2.69. The van der Waals surface area contributed by atoms with Crippen molar-refractivity contribution in [2.75, 3.05) is 0 Å². The Morgan fingerprint density at radius 1 is 1.00 bits per heavy atom. The van der Waals surface area contributed by atoms with Crippen molar-refractivity contribution in [3.63, 3.8) is 0 Å². The Kier molecular flexibility index (Phi) is 2.62. The Hall–Kier alpha value is 0.290. The molecule has 0 aliphatic heterocycles. The Labute approximate surface area is 69.0 Å². The van der Waals surface area contributed by atoms with Crippen LogP contribution in [0.15, 0.2) is 0 Å². The third kappa shape index (κ3) is 1.47. The van der Waals surface area contributed by atoms with Gasteiger partial charge in [-0.2, -0.15) is 0 Å². The molecular weight excluding hydrogens is 144 g/mol. The van der Waals surface area contributed by atoms with Crippen molar-refractivity contribution >= 4 is 11.6 Å². The molecule has 0 N–H and O–H groups in total. The first kappa shape index (κ1) is 8.39. The quantitative estimate of drug-likeness (QED) is 0.477. The second-order valence-electron chi connectivity index (χ2n) is 3.84. The molecule has 0 spiro atoms. The molecule has 4 unspecified atom stereocenters. The average Bonchev–Trinajstić information content (AvgIpc) is 1.93. The minimum Gasteiger partial charge on any atom is -0.122 e. The van der Waals surface area contributed by atoms with Crippen molar-refractivity contribution in [3.05, 3.63) is 0 Å². The summed E-state index contributed by atoms with van der Waals surface area (Å²) in [7, 11) is 0. The predicted octanol–water partition coefficient (Wildman–Crippen LogP) is 3.30. The molecule has 1 fully saturated rings. The van der Waals surface area contributed by atoms with Gasteiger partial charge >= 0.3 is 0 Å². The lowest BCUT2D eigenvalue weighted by molar-refractivity contribution is 0.227. The van der Waals surface area contributed by atoms with Gasteiger partial charge in [-0.3, -0.25) is 0 Å². The van der Waals surface area contributed by atoms with Crippen LogP contribution < -0.4 is 0 Å². The summed E-state index contributed by atoms with van der Waals surface area (Å²) in [5.74, 6) is 2.27. The fourth-order valence-corrected chi connectivity index (χ4v) is 2.15. The smallest absolute Gasteiger partial charge is 0.0389 e. The Balaban J connectivity index is 2.52. The molecule has 1 saturated carbocycles. The lowest BCUT2D eigenvalue weighted by atomic mass is 9.76. The van der Waals surface area contributed by atoms with E-state index in [1.807, 2.05) is 0 Å². The first-order valence-electron chi connectivity index (χ1n) is 4.27. The van der Waals surface area contributed by atoms with Crippen molar-refractivity contribution in [2.24, 2.45) is 17.8 Å². The van der Waals surface area contributed by atoms with Crippen LogP contribution in [-0.4, -0.2) is 5.38 Å². The molecule has 0 heterocycles. The van der Waals surface area contributed by atoms with Crippen molar-refractivity contribution in [1.82, 2.24) is 0 Å². The first-order valence-corrected chi connectivity index (χ1v) is 4.70. The topological polar surface area (TPSA) is 0 Å². The molecule has 1 aliphatic rings. The summed E-state index contributed by atoms with van der Waals surface area (Å²) >= 11 is 6.21. The Morgan fingerprint density at radius 3 is 2.00 bits per heavy atom. The molecule has 4 atom stereocenters. The molecule has 0 aromatic rings. The van der Waals surface area contributed by atoms with Gasteiger partial charge in [-0.15, -0.1) is 11.6 Å². The predicted molar refractivity (Wildman–Crippen MR) is 46.4 cm³/mol. The number of rotatable bonds is 0. The van der Waals surface area contributed by atoms with E-state index in [0.717, 1.165) is 11.8 Å². The zero-order valence-corrected chi connectivity index (χ0v) is 7.86. The second kappa shape index (κ2) is 3.13. The lowest BCUT2D eigenvalue weighted by Gasteiger charge is -2.34. The average molecular weight is 161 g/mol. The lowest BCUT2D eigenvalue weighted by Crippen LogP contribution is -2.30. The first-order chi connectivity index (χ1) is 4.63. The Morgan fingerprint density at radius 2 is 1.50 bits per heavy atom. The summed E-state index contributed by atoms with van der Waals surface area (Å²) in [6.45, 7) is 6.85. The van der Waals surface area contributed by atoms with E-state index in [-0.39, 0.29) is 0 Å². The van der Waals surface area contributed by atoms with Crippen LogP contribution in [0.1, 0.15) is 33.6 Å². The van der Waals surface area contributed by atoms with E-state index < -0.39 is 0 Å². The molecule has 1 heteroatoms. The fraction of sp³-hybridized carbons (Fsp3) is 1.00. The van der Waals surface area contributed by atoms with E-state index in [4.69, 9.17) is 11.6 Å². The SMILES string of the molecule is CC1CCC(C)C(Cl)C1C. The van der Waals surface area contributed by atoms with Gasteiger partial charge in [0, 0.05) is 5.38 Å². The molecule has 0 aromatic carbocycles. The van der Waals surface area contributed by atoms with Crippen molar-refractivity contribution in [2.45, 2.75) is 39.0 Å². The largest absolute Gasteiger partial charge is 0.122 e. The molecule has 0 aromatic heterocycles. The number of alkyl halides is 1. The van der Waals surface area contributed by atoms with Gasteiger partial charge in [-0.05, 0) is 24.2 Å². The van der Waals surface area contributed by atoms with E-state index >= 15 is 0 Å². The normalized spacial score (nSPS) is 49.2. The minimum atomic E-state index is 0.420. The Bertz CT molecular complexity index is 97.3. The van der Waals surface area contributed by atoms with Crippen LogP contribution in [0, 0.1) is 17.8 Å². The number of halogens is 1. The zero-order chi connectivity index (χ0) is 7.72. The van der Waals surface area contributed by atoms with Crippen LogP contribution in [-0.2, 0) is 0 Å². The van der Waals surface area contributed by atoms with E-state index in [9.17, 15) is 0 Å². The van der Waals surface area contributed by atoms with Crippen molar-refractivity contribution in [1.29, 1.82) is 0 Å². The number of hydrogen-bond acceptors (Lipinski definition) is 0. The van der Waals surface area contributed by atoms with Crippen LogP contribution in [0.25, 0.3) is 0 Å². The molecule has 0 nitrogen and oxygen atoms in total. The molecular formula is C9H17Cl. The summed E-state index contributed by atoms with van der Waals surface area (Å²) in [5, 5.41) is 0.420. The maximum Gasteiger partial charge on any atom is 0.0389 e. The van der Waals surface area contributed by atoms with Gasteiger partial charge in [0.05, 0.1) is 0 Å². The maximum absolute atomic E-state index is 6.21. The van der Waals surface area contributed by atoms with Gasteiger partial charge in [0.25, 0.3) is 0 Å².